The lowest BCUT2D eigenvalue weighted by Crippen LogP contribution is -2.23. The van der Waals surface area contributed by atoms with Crippen LogP contribution < -0.4 is 11.1 Å². The normalized spacial score (nSPS) is 10.2. The standard InChI is InChI=1S/C14H12BrFN2O/c15-10-3-1-2-9(6-10)8-18-14(19)12-5-4-11(16)7-13(12)17/h1-7H,8,17H2,(H,18,19). The van der Waals surface area contributed by atoms with Gasteiger partial charge in [-0.1, -0.05) is 28.1 Å². The summed E-state index contributed by atoms with van der Waals surface area (Å²) in [6, 6.07) is 11.3. The molecule has 0 bridgehead atoms. The third-order valence-electron chi connectivity index (χ3n) is 2.60. The molecule has 0 unspecified atom stereocenters. The van der Waals surface area contributed by atoms with E-state index in [-0.39, 0.29) is 17.2 Å². The van der Waals surface area contributed by atoms with E-state index < -0.39 is 5.82 Å². The molecule has 0 saturated carbocycles. The molecule has 0 aromatic heterocycles. The van der Waals surface area contributed by atoms with Crippen molar-refractivity contribution in [2.24, 2.45) is 0 Å². The summed E-state index contributed by atoms with van der Waals surface area (Å²) in [6.45, 7) is 0.384. The number of carbonyl (C=O) groups excluding carboxylic acids is 1. The molecule has 0 fully saturated rings. The van der Waals surface area contributed by atoms with Gasteiger partial charge >= 0.3 is 0 Å². The van der Waals surface area contributed by atoms with Crippen molar-refractivity contribution in [3.8, 4) is 0 Å². The number of rotatable bonds is 3. The molecule has 98 valence electrons. The van der Waals surface area contributed by atoms with Gasteiger partial charge in [0, 0.05) is 16.7 Å². The van der Waals surface area contributed by atoms with E-state index in [4.69, 9.17) is 5.73 Å². The van der Waals surface area contributed by atoms with E-state index in [2.05, 4.69) is 21.2 Å². The van der Waals surface area contributed by atoms with Gasteiger partial charge in [0.25, 0.3) is 5.91 Å². The van der Waals surface area contributed by atoms with Crippen LogP contribution >= 0.6 is 15.9 Å². The zero-order valence-corrected chi connectivity index (χ0v) is 11.6. The van der Waals surface area contributed by atoms with E-state index in [1.165, 1.54) is 12.1 Å². The Kier molecular flexibility index (Phi) is 4.16. The minimum Gasteiger partial charge on any atom is -0.398 e. The Morgan fingerprint density at radius 2 is 2.05 bits per heavy atom. The number of halogens is 2. The Balaban J connectivity index is 2.05. The Labute approximate surface area is 118 Å². The maximum absolute atomic E-state index is 12.9. The summed E-state index contributed by atoms with van der Waals surface area (Å²) in [5, 5.41) is 2.74. The molecule has 0 aliphatic carbocycles. The van der Waals surface area contributed by atoms with Crippen molar-refractivity contribution < 1.29 is 9.18 Å². The average molecular weight is 323 g/mol. The molecule has 0 aliphatic rings. The molecule has 2 aromatic rings. The van der Waals surface area contributed by atoms with Crippen LogP contribution in [0.2, 0.25) is 0 Å². The summed E-state index contributed by atoms with van der Waals surface area (Å²) in [4.78, 5) is 11.9. The van der Waals surface area contributed by atoms with Gasteiger partial charge in [-0.2, -0.15) is 0 Å². The lowest BCUT2D eigenvalue weighted by molar-refractivity contribution is 0.0952. The van der Waals surface area contributed by atoms with Gasteiger partial charge < -0.3 is 11.1 Å². The fourth-order valence-electron chi connectivity index (χ4n) is 1.66. The fourth-order valence-corrected chi connectivity index (χ4v) is 2.11. The van der Waals surface area contributed by atoms with Gasteiger partial charge in [-0.15, -0.1) is 0 Å². The molecule has 2 rings (SSSR count). The molecule has 1 amide bonds. The van der Waals surface area contributed by atoms with Crippen molar-refractivity contribution in [3.05, 3.63) is 63.9 Å². The van der Waals surface area contributed by atoms with Gasteiger partial charge in [-0.3, -0.25) is 4.79 Å². The number of carbonyl (C=O) groups is 1. The number of nitrogen functional groups attached to an aromatic ring is 1. The molecule has 0 heterocycles. The minimum atomic E-state index is -0.457. The van der Waals surface area contributed by atoms with Crippen LogP contribution in [0.4, 0.5) is 10.1 Å². The monoisotopic (exact) mass is 322 g/mol. The second-order valence-corrected chi connectivity index (χ2v) is 4.96. The third kappa shape index (κ3) is 3.54. The number of amides is 1. The predicted octanol–water partition coefficient (Wildman–Crippen LogP) is 3.10. The highest BCUT2D eigenvalue weighted by molar-refractivity contribution is 9.10. The number of hydrogen-bond donors (Lipinski definition) is 2. The second-order valence-electron chi connectivity index (χ2n) is 4.04. The Bertz CT molecular complexity index is 616. The highest BCUT2D eigenvalue weighted by atomic mass is 79.9. The average Bonchev–Trinajstić information content (AvgIpc) is 2.36. The third-order valence-corrected chi connectivity index (χ3v) is 3.09. The first-order valence-electron chi connectivity index (χ1n) is 5.64. The van der Waals surface area contributed by atoms with Crippen LogP contribution in [0.3, 0.4) is 0 Å². The van der Waals surface area contributed by atoms with Crippen LogP contribution in [0.1, 0.15) is 15.9 Å². The molecule has 19 heavy (non-hydrogen) atoms. The van der Waals surface area contributed by atoms with Crippen LogP contribution in [0, 0.1) is 5.82 Å². The van der Waals surface area contributed by atoms with Gasteiger partial charge in [0.1, 0.15) is 5.82 Å². The van der Waals surface area contributed by atoms with Crippen LogP contribution in [0.25, 0.3) is 0 Å². The molecule has 5 heteroatoms. The smallest absolute Gasteiger partial charge is 0.253 e. The first-order chi connectivity index (χ1) is 9.06. The summed E-state index contributed by atoms with van der Waals surface area (Å²) in [5.74, 6) is -0.779. The first-order valence-corrected chi connectivity index (χ1v) is 6.43. The van der Waals surface area contributed by atoms with Crippen molar-refractivity contribution in [1.82, 2.24) is 5.32 Å². The molecule has 0 saturated heterocycles. The Morgan fingerprint density at radius 3 is 2.74 bits per heavy atom. The quantitative estimate of drug-likeness (QED) is 0.853. The molecule has 0 radical (unpaired) electrons. The van der Waals surface area contributed by atoms with Crippen molar-refractivity contribution in [2.75, 3.05) is 5.73 Å². The van der Waals surface area contributed by atoms with Gasteiger partial charge in [0.05, 0.1) is 5.56 Å². The molecule has 2 aromatic carbocycles. The van der Waals surface area contributed by atoms with Crippen molar-refractivity contribution in [3.63, 3.8) is 0 Å². The van der Waals surface area contributed by atoms with E-state index in [1.807, 2.05) is 24.3 Å². The first kappa shape index (κ1) is 13.5. The van der Waals surface area contributed by atoms with Crippen LogP contribution in [-0.2, 0) is 6.54 Å². The zero-order valence-electron chi connectivity index (χ0n) is 9.99. The number of nitrogens with two attached hydrogens (primary N) is 1. The minimum absolute atomic E-state index is 0.131. The number of anilines is 1. The van der Waals surface area contributed by atoms with Crippen molar-refractivity contribution in [1.29, 1.82) is 0 Å². The Morgan fingerprint density at radius 1 is 1.26 bits per heavy atom. The highest BCUT2D eigenvalue weighted by Crippen LogP contribution is 2.14. The van der Waals surface area contributed by atoms with Crippen molar-refractivity contribution in [2.45, 2.75) is 6.54 Å². The molecule has 0 aliphatic heterocycles. The van der Waals surface area contributed by atoms with Gasteiger partial charge in [-0.05, 0) is 35.9 Å². The molecular weight excluding hydrogens is 311 g/mol. The van der Waals surface area contributed by atoms with E-state index in [0.29, 0.717) is 6.54 Å². The lowest BCUT2D eigenvalue weighted by atomic mass is 10.1. The maximum atomic E-state index is 12.9. The van der Waals surface area contributed by atoms with E-state index in [9.17, 15) is 9.18 Å². The Hall–Kier alpha value is -1.88. The summed E-state index contributed by atoms with van der Waals surface area (Å²) < 4.78 is 13.8. The van der Waals surface area contributed by atoms with Crippen LogP contribution in [-0.4, -0.2) is 5.91 Å². The molecule has 0 atom stereocenters. The topological polar surface area (TPSA) is 55.1 Å². The van der Waals surface area contributed by atoms with Crippen molar-refractivity contribution >= 4 is 27.5 Å². The molecule has 0 spiro atoms. The second kappa shape index (κ2) is 5.84. The van der Waals surface area contributed by atoms with E-state index in [0.717, 1.165) is 16.1 Å². The number of hydrogen-bond acceptors (Lipinski definition) is 2. The van der Waals surface area contributed by atoms with Gasteiger partial charge in [0.15, 0.2) is 0 Å². The summed E-state index contributed by atoms with van der Waals surface area (Å²) >= 11 is 3.36. The van der Waals surface area contributed by atoms with Crippen LogP contribution in [0.15, 0.2) is 46.9 Å². The number of benzene rings is 2. The van der Waals surface area contributed by atoms with Crippen LogP contribution in [0.5, 0.6) is 0 Å². The summed E-state index contributed by atoms with van der Waals surface area (Å²) in [7, 11) is 0. The summed E-state index contributed by atoms with van der Waals surface area (Å²) in [6.07, 6.45) is 0. The maximum Gasteiger partial charge on any atom is 0.253 e. The fraction of sp³-hybridized carbons (Fsp3) is 0.0714. The predicted molar refractivity (Wildman–Crippen MR) is 76.1 cm³/mol. The van der Waals surface area contributed by atoms with Gasteiger partial charge in [-0.25, -0.2) is 4.39 Å². The molecular formula is C14H12BrFN2O. The molecule has 3 N–H and O–H groups in total. The number of nitrogens with one attached hydrogen (secondary N) is 1. The highest BCUT2D eigenvalue weighted by Gasteiger charge is 2.09. The molecule has 3 nitrogen and oxygen atoms in total. The van der Waals surface area contributed by atoms with E-state index >= 15 is 0 Å². The van der Waals surface area contributed by atoms with E-state index in [1.54, 1.807) is 0 Å². The summed E-state index contributed by atoms with van der Waals surface area (Å²) in [5.41, 5.74) is 6.97. The lowest BCUT2D eigenvalue weighted by Gasteiger charge is -2.08. The zero-order chi connectivity index (χ0) is 13.8. The van der Waals surface area contributed by atoms with Gasteiger partial charge in [0.2, 0.25) is 0 Å². The largest absolute Gasteiger partial charge is 0.398 e. The SMILES string of the molecule is Nc1cc(F)ccc1C(=O)NCc1cccc(Br)c1.